The summed E-state index contributed by atoms with van der Waals surface area (Å²) in [6.07, 6.45) is 2.56. The first kappa shape index (κ1) is 25.2. The van der Waals surface area contributed by atoms with Crippen LogP contribution in [0.15, 0.2) is 4.99 Å². The number of carbonyl (C=O) groups excluding carboxylic acids is 1. The van der Waals surface area contributed by atoms with Crippen LogP contribution in [0.25, 0.3) is 0 Å². The standard InChI is InChI=1S/C17H33N5O4S.HI/c1-17(2,3)26-16(23)21-11-9-20(10-12-21)15(18)19-13-14-5-7-22(8-6-14)27(4,24)25;/h14H,5-13H2,1-4H3,(H2,18,19);1H. The van der Waals surface area contributed by atoms with Crippen molar-refractivity contribution in [3.05, 3.63) is 0 Å². The SMILES string of the molecule is CC(C)(C)OC(=O)N1CCN(C(N)=NCC2CCN(S(C)(=O)=O)CC2)CC1.I. The van der Waals surface area contributed by atoms with E-state index in [4.69, 9.17) is 10.5 Å². The summed E-state index contributed by atoms with van der Waals surface area (Å²) in [6, 6.07) is 0. The van der Waals surface area contributed by atoms with E-state index in [0.29, 0.717) is 57.7 Å². The van der Waals surface area contributed by atoms with E-state index in [9.17, 15) is 13.2 Å². The molecule has 9 nitrogen and oxygen atoms in total. The zero-order chi connectivity index (χ0) is 20.2. The van der Waals surface area contributed by atoms with Crippen LogP contribution in [-0.2, 0) is 14.8 Å². The molecule has 0 radical (unpaired) electrons. The Hall–Kier alpha value is -0.820. The van der Waals surface area contributed by atoms with E-state index in [1.165, 1.54) is 10.6 Å². The van der Waals surface area contributed by atoms with Crippen molar-refractivity contribution in [3.63, 3.8) is 0 Å². The first-order valence-corrected chi connectivity index (χ1v) is 11.3. The van der Waals surface area contributed by atoms with E-state index in [1.807, 2.05) is 25.7 Å². The average Bonchev–Trinajstić information content (AvgIpc) is 2.58. The maximum absolute atomic E-state index is 12.1. The number of nitrogens with zero attached hydrogens (tertiary/aromatic N) is 4. The Morgan fingerprint density at radius 3 is 2.04 bits per heavy atom. The second-order valence-corrected chi connectivity index (χ2v) is 10.2. The van der Waals surface area contributed by atoms with Crippen LogP contribution in [0, 0.1) is 5.92 Å². The van der Waals surface area contributed by atoms with Crippen LogP contribution in [0.4, 0.5) is 4.79 Å². The molecule has 2 aliphatic rings. The number of amides is 1. The van der Waals surface area contributed by atoms with Crippen molar-refractivity contribution in [2.24, 2.45) is 16.6 Å². The summed E-state index contributed by atoms with van der Waals surface area (Å²) >= 11 is 0. The van der Waals surface area contributed by atoms with Crippen LogP contribution in [0.3, 0.4) is 0 Å². The third-order valence-corrected chi connectivity index (χ3v) is 6.11. The van der Waals surface area contributed by atoms with Gasteiger partial charge in [0.15, 0.2) is 5.96 Å². The largest absolute Gasteiger partial charge is 0.444 e. The lowest BCUT2D eigenvalue weighted by molar-refractivity contribution is 0.0186. The Morgan fingerprint density at radius 1 is 1.07 bits per heavy atom. The number of hydrogen-bond donors (Lipinski definition) is 1. The molecule has 28 heavy (non-hydrogen) atoms. The van der Waals surface area contributed by atoms with Crippen molar-refractivity contribution in [3.8, 4) is 0 Å². The Kier molecular flexibility index (Phi) is 9.26. The molecule has 0 atom stereocenters. The monoisotopic (exact) mass is 531 g/mol. The van der Waals surface area contributed by atoms with Crippen molar-refractivity contribution in [2.45, 2.75) is 39.2 Å². The topological polar surface area (TPSA) is 109 Å². The van der Waals surface area contributed by atoms with Gasteiger partial charge >= 0.3 is 6.09 Å². The van der Waals surface area contributed by atoms with Gasteiger partial charge in [0.25, 0.3) is 0 Å². The van der Waals surface area contributed by atoms with Gasteiger partial charge in [0.1, 0.15) is 5.60 Å². The molecule has 0 aromatic carbocycles. The number of aliphatic imine (C=N–C) groups is 1. The predicted octanol–water partition coefficient (Wildman–Crippen LogP) is 1.14. The highest BCUT2D eigenvalue weighted by Crippen LogP contribution is 2.19. The van der Waals surface area contributed by atoms with Gasteiger partial charge in [0.05, 0.1) is 6.26 Å². The zero-order valence-corrected chi connectivity index (χ0v) is 20.4. The fourth-order valence-electron chi connectivity index (χ4n) is 3.19. The molecule has 2 rings (SSSR count). The minimum atomic E-state index is -3.10. The lowest BCUT2D eigenvalue weighted by Crippen LogP contribution is -2.53. The number of nitrogens with two attached hydrogens (primary N) is 1. The summed E-state index contributed by atoms with van der Waals surface area (Å²) in [4.78, 5) is 20.3. The van der Waals surface area contributed by atoms with Crippen LogP contribution in [0.5, 0.6) is 0 Å². The quantitative estimate of drug-likeness (QED) is 0.333. The average molecular weight is 531 g/mol. The van der Waals surface area contributed by atoms with E-state index in [-0.39, 0.29) is 30.1 Å². The molecule has 2 fully saturated rings. The van der Waals surface area contributed by atoms with Crippen molar-refractivity contribution >= 4 is 46.1 Å². The molecule has 2 saturated heterocycles. The summed E-state index contributed by atoms with van der Waals surface area (Å²) in [7, 11) is -3.10. The molecular weight excluding hydrogens is 497 g/mol. The fraction of sp³-hybridized carbons (Fsp3) is 0.882. The molecule has 0 unspecified atom stereocenters. The Labute approximate surface area is 185 Å². The van der Waals surface area contributed by atoms with E-state index >= 15 is 0 Å². The number of ether oxygens (including phenoxy) is 1. The molecule has 0 aromatic heterocycles. The minimum Gasteiger partial charge on any atom is -0.444 e. The molecule has 0 aliphatic carbocycles. The summed E-state index contributed by atoms with van der Waals surface area (Å²) in [5.74, 6) is 0.842. The molecular formula is C17H34IN5O4S. The number of sulfonamides is 1. The van der Waals surface area contributed by atoms with Gasteiger partial charge in [0.2, 0.25) is 10.0 Å². The maximum Gasteiger partial charge on any atom is 0.410 e. The van der Waals surface area contributed by atoms with Crippen molar-refractivity contribution < 1.29 is 17.9 Å². The van der Waals surface area contributed by atoms with Gasteiger partial charge in [-0.1, -0.05) is 0 Å². The number of piperazine rings is 1. The predicted molar refractivity (Wildman–Crippen MR) is 120 cm³/mol. The van der Waals surface area contributed by atoms with Gasteiger partial charge in [-0.3, -0.25) is 4.99 Å². The van der Waals surface area contributed by atoms with Gasteiger partial charge in [-0.2, -0.15) is 0 Å². The number of piperidine rings is 1. The Morgan fingerprint density at radius 2 is 1.57 bits per heavy atom. The van der Waals surface area contributed by atoms with Gasteiger partial charge < -0.3 is 20.3 Å². The normalized spacial score (nSPS) is 20.6. The fourth-order valence-corrected chi connectivity index (χ4v) is 4.06. The molecule has 164 valence electrons. The zero-order valence-electron chi connectivity index (χ0n) is 17.3. The third-order valence-electron chi connectivity index (χ3n) is 4.81. The number of rotatable bonds is 3. The lowest BCUT2D eigenvalue weighted by Gasteiger charge is -2.36. The molecule has 0 aromatic rings. The highest BCUT2D eigenvalue weighted by atomic mass is 127. The molecule has 2 N–H and O–H groups in total. The smallest absolute Gasteiger partial charge is 0.410 e. The van der Waals surface area contributed by atoms with Crippen LogP contribution in [0.2, 0.25) is 0 Å². The highest BCUT2D eigenvalue weighted by Gasteiger charge is 2.27. The second-order valence-electron chi connectivity index (χ2n) is 8.26. The third kappa shape index (κ3) is 7.90. The maximum atomic E-state index is 12.1. The number of carbonyl (C=O) groups is 1. The van der Waals surface area contributed by atoms with Gasteiger partial charge in [-0.25, -0.2) is 17.5 Å². The van der Waals surface area contributed by atoms with Crippen LogP contribution < -0.4 is 5.73 Å². The van der Waals surface area contributed by atoms with Crippen LogP contribution in [0.1, 0.15) is 33.6 Å². The van der Waals surface area contributed by atoms with E-state index < -0.39 is 15.6 Å². The molecule has 2 heterocycles. The first-order chi connectivity index (χ1) is 12.5. The summed E-state index contributed by atoms with van der Waals surface area (Å²) in [6.45, 7) is 9.62. The van der Waals surface area contributed by atoms with Crippen molar-refractivity contribution in [1.82, 2.24) is 14.1 Å². The summed E-state index contributed by atoms with van der Waals surface area (Å²) in [5, 5.41) is 0. The van der Waals surface area contributed by atoms with E-state index in [2.05, 4.69) is 4.99 Å². The van der Waals surface area contributed by atoms with Crippen LogP contribution in [-0.4, -0.2) is 92.2 Å². The molecule has 2 aliphatic heterocycles. The van der Waals surface area contributed by atoms with Gasteiger partial charge in [0, 0.05) is 45.8 Å². The van der Waals surface area contributed by atoms with E-state index in [0.717, 1.165) is 12.8 Å². The highest BCUT2D eigenvalue weighted by molar-refractivity contribution is 14.0. The second kappa shape index (κ2) is 10.3. The summed E-state index contributed by atoms with van der Waals surface area (Å²) < 4.78 is 30.0. The lowest BCUT2D eigenvalue weighted by atomic mass is 9.98. The van der Waals surface area contributed by atoms with Crippen molar-refractivity contribution in [1.29, 1.82) is 0 Å². The molecule has 1 amide bonds. The first-order valence-electron chi connectivity index (χ1n) is 9.43. The summed E-state index contributed by atoms with van der Waals surface area (Å²) in [5.41, 5.74) is 5.62. The molecule has 0 saturated carbocycles. The number of hydrogen-bond acceptors (Lipinski definition) is 5. The Balaban J connectivity index is 0.00000392. The Bertz CT molecular complexity index is 649. The van der Waals surface area contributed by atoms with Crippen LogP contribution >= 0.6 is 24.0 Å². The van der Waals surface area contributed by atoms with Crippen molar-refractivity contribution in [2.75, 3.05) is 52.1 Å². The number of halogens is 1. The van der Waals surface area contributed by atoms with E-state index in [1.54, 1.807) is 4.90 Å². The molecule has 0 bridgehead atoms. The minimum absolute atomic E-state index is 0. The van der Waals surface area contributed by atoms with Gasteiger partial charge in [-0.05, 0) is 39.5 Å². The number of guanidine groups is 1. The van der Waals surface area contributed by atoms with Gasteiger partial charge in [-0.15, -0.1) is 24.0 Å². The molecule has 11 heteroatoms. The molecule has 0 spiro atoms.